The maximum Gasteiger partial charge on any atom is 0.437 e. The van der Waals surface area contributed by atoms with Gasteiger partial charge in [0.05, 0.1) is 24.9 Å². The molecule has 0 radical (unpaired) electrons. The first-order valence-electron chi connectivity index (χ1n) is 18.8. The van der Waals surface area contributed by atoms with E-state index in [1.807, 2.05) is 60.7 Å². The van der Waals surface area contributed by atoms with Crippen LogP contribution in [0.3, 0.4) is 0 Å². The molecule has 4 amide bonds. The molecule has 3 atom stereocenters. The number of guanidine groups is 1. The molecule has 3 aromatic carbocycles. The summed E-state index contributed by atoms with van der Waals surface area (Å²) in [6.07, 6.45) is 1.59. The SMILES string of the molecule is O=C(CN1CCCCC(NS(=O)(=O)Cc2ccccc2)C1=O)NC(CO)CC1CCCN(C(=NC(=O)OCc2ccccc2)NC(=O)OCc2ccccc2)C1. The summed E-state index contributed by atoms with van der Waals surface area (Å²) in [5, 5.41) is 15.7. The lowest BCUT2D eigenvalue weighted by Gasteiger charge is -2.36. The number of hydrogen-bond acceptors (Lipinski definition) is 9. The van der Waals surface area contributed by atoms with E-state index in [4.69, 9.17) is 9.47 Å². The number of ether oxygens (including phenoxy) is 2. The van der Waals surface area contributed by atoms with Crippen LogP contribution in [-0.4, -0.2) is 98.2 Å². The van der Waals surface area contributed by atoms with Crippen molar-refractivity contribution in [1.82, 2.24) is 25.2 Å². The highest BCUT2D eigenvalue weighted by atomic mass is 32.2. The Kier molecular flexibility index (Phi) is 15.8. The van der Waals surface area contributed by atoms with Crippen molar-refractivity contribution in [3.05, 3.63) is 108 Å². The second kappa shape index (κ2) is 21.1. The number of aliphatic imine (C=N–C) groups is 1. The number of alkyl carbamates (subject to hydrolysis) is 1. The average Bonchev–Trinajstić information content (AvgIpc) is 3.36. The number of nitrogens with zero attached hydrogens (tertiary/aromatic N) is 3. The molecule has 15 nitrogen and oxygen atoms in total. The van der Waals surface area contributed by atoms with Gasteiger partial charge in [0, 0.05) is 19.6 Å². The van der Waals surface area contributed by atoms with Gasteiger partial charge in [0.2, 0.25) is 27.8 Å². The van der Waals surface area contributed by atoms with Crippen LogP contribution < -0.4 is 15.4 Å². The summed E-state index contributed by atoms with van der Waals surface area (Å²) in [5.41, 5.74) is 2.14. The number of sulfonamides is 1. The Labute approximate surface area is 327 Å². The van der Waals surface area contributed by atoms with Crippen LogP contribution in [-0.2, 0) is 48.1 Å². The van der Waals surface area contributed by atoms with Crippen LogP contribution >= 0.6 is 0 Å². The number of carbonyl (C=O) groups excluding carboxylic acids is 4. The lowest BCUT2D eigenvalue weighted by molar-refractivity contribution is -0.137. The van der Waals surface area contributed by atoms with E-state index in [2.05, 4.69) is 20.3 Å². The zero-order valence-electron chi connectivity index (χ0n) is 31.3. The Balaban J connectivity index is 1.17. The Morgan fingerprint density at radius 2 is 1.45 bits per heavy atom. The minimum Gasteiger partial charge on any atom is -0.444 e. The van der Waals surface area contributed by atoms with Crippen LogP contribution in [0.4, 0.5) is 9.59 Å². The largest absolute Gasteiger partial charge is 0.444 e. The molecule has 300 valence electrons. The van der Waals surface area contributed by atoms with Crippen LogP contribution in [0, 0.1) is 5.92 Å². The fourth-order valence-corrected chi connectivity index (χ4v) is 8.13. The molecule has 0 spiro atoms. The first-order chi connectivity index (χ1) is 27.1. The molecule has 2 saturated heterocycles. The Hall–Kier alpha value is -5.32. The van der Waals surface area contributed by atoms with E-state index in [9.17, 15) is 32.7 Å². The fraction of sp³-hybridized carbons (Fsp3) is 0.425. The van der Waals surface area contributed by atoms with E-state index in [1.54, 1.807) is 35.2 Å². The van der Waals surface area contributed by atoms with E-state index >= 15 is 0 Å². The summed E-state index contributed by atoms with van der Waals surface area (Å²) in [4.78, 5) is 59.6. The van der Waals surface area contributed by atoms with Crippen LogP contribution in [0.15, 0.2) is 96.0 Å². The predicted octanol–water partition coefficient (Wildman–Crippen LogP) is 3.69. The molecular weight excluding hydrogens is 741 g/mol. The molecule has 4 N–H and O–H groups in total. The molecule has 0 aromatic heterocycles. The lowest BCUT2D eigenvalue weighted by atomic mass is 9.91. The highest BCUT2D eigenvalue weighted by molar-refractivity contribution is 7.88. The summed E-state index contributed by atoms with van der Waals surface area (Å²) >= 11 is 0. The zero-order chi connectivity index (χ0) is 39.8. The average molecular weight is 791 g/mol. The molecule has 56 heavy (non-hydrogen) atoms. The fourth-order valence-electron chi connectivity index (χ4n) is 6.77. The number of hydrogen-bond donors (Lipinski definition) is 4. The van der Waals surface area contributed by atoms with Crippen LogP contribution in [0.2, 0.25) is 0 Å². The van der Waals surface area contributed by atoms with Crippen LogP contribution in [0.25, 0.3) is 0 Å². The highest BCUT2D eigenvalue weighted by Gasteiger charge is 2.32. The van der Waals surface area contributed by atoms with Crippen molar-refractivity contribution in [2.75, 3.05) is 32.8 Å². The third kappa shape index (κ3) is 13.8. The molecular formula is C40H50N6O9S. The lowest BCUT2D eigenvalue weighted by Crippen LogP contribution is -2.52. The first-order valence-corrected chi connectivity index (χ1v) is 20.5. The van der Waals surface area contributed by atoms with E-state index in [-0.39, 0.29) is 44.0 Å². The van der Waals surface area contributed by atoms with Gasteiger partial charge >= 0.3 is 12.2 Å². The minimum atomic E-state index is -3.83. The smallest absolute Gasteiger partial charge is 0.437 e. The number of aliphatic hydroxyl groups is 1. The molecule has 2 heterocycles. The summed E-state index contributed by atoms with van der Waals surface area (Å²) < 4.78 is 39.1. The first kappa shape index (κ1) is 41.8. The van der Waals surface area contributed by atoms with E-state index in [0.29, 0.717) is 57.3 Å². The molecule has 5 rings (SSSR count). The summed E-state index contributed by atoms with van der Waals surface area (Å²) in [6, 6.07) is 25.3. The van der Waals surface area contributed by atoms with Gasteiger partial charge in [0.1, 0.15) is 19.3 Å². The molecule has 2 fully saturated rings. The highest BCUT2D eigenvalue weighted by Crippen LogP contribution is 2.22. The van der Waals surface area contributed by atoms with Crippen molar-refractivity contribution in [2.45, 2.75) is 69.6 Å². The second-order valence-corrected chi connectivity index (χ2v) is 15.7. The number of benzene rings is 3. The van der Waals surface area contributed by atoms with Crippen molar-refractivity contribution in [1.29, 1.82) is 0 Å². The van der Waals surface area contributed by atoms with Gasteiger partial charge in [0.25, 0.3) is 0 Å². The number of rotatable bonds is 14. The number of nitrogens with one attached hydrogen (secondary N) is 3. The van der Waals surface area contributed by atoms with Gasteiger partial charge in [-0.25, -0.2) is 22.7 Å². The molecule has 2 aliphatic heterocycles. The quantitative estimate of drug-likeness (QED) is 0.138. The third-order valence-corrected chi connectivity index (χ3v) is 10.8. The normalized spacial score (nSPS) is 18.4. The Morgan fingerprint density at radius 1 is 0.821 bits per heavy atom. The zero-order valence-corrected chi connectivity index (χ0v) is 32.1. The van der Waals surface area contributed by atoms with Gasteiger partial charge in [-0.15, -0.1) is 4.99 Å². The van der Waals surface area contributed by atoms with Crippen molar-refractivity contribution < 1.29 is 42.2 Å². The van der Waals surface area contributed by atoms with Crippen molar-refractivity contribution in [3.63, 3.8) is 0 Å². The van der Waals surface area contributed by atoms with Gasteiger partial charge in [-0.1, -0.05) is 91.0 Å². The van der Waals surface area contributed by atoms with Crippen LogP contribution in [0.5, 0.6) is 0 Å². The predicted molar refractivity (Wildman–Crippen MR) is 208 cm³/mol. The van der Waals surface area contributed by atoms with Crippen molar-refractivity contribution >= 4 is 40.0 Å². The Morgan fingerprint density at radius 3 is 2.09 bits per heavy atom. The van der Waals surface area contributed by atoms with Gasteiger partial charge in [-0.3, -0.25) is 14.9 Å². The molecule has 0 bridgehead atoms. The molecule has 16 heteroatoms. The van der Waals surface area contributed by atoms with Gasteiger partial charge in [-0.2, -0.15) is 0 Å². The summed E-state index contributed by atoms with van der Waals surface area (Å²) in [7, 11) is -3.83. The van der Waals surface area contributed by atoms with Gasteiger partial charge in [-0.05, 0) is 61.1 Å². The van der Waals surface area contributed by atoms with Crippen molar-refractivity contribution in [2.24, 2.45) is 10.9 Å². The molecule has 2 aliphatic rings. The second-order valence-electron chi connectivity index (χ2n) is 14.0. The topological polar surface area (TPSA) is 196 Å². The van der Waals surface area contributed by atoms with Crippen LogP contribution in [0.1, 0.15) is 55.2 Å². The monoisotopic (exact) mass is 790 g/mol. The third-order valence-electron chi connectivity index (χ3n) is 9.49. The van der Waals surface area contributed by atoms with E-state index in [0.717, 1.165) is 17.5 Å². The van der Waals surface area contributed by atoms with Crippen molar-refractivity contribution in [3.8, 4) is 0 Å². The molecule has 0 saturated carbocycles. The number of likely N-dealkylation sites (tertiary alicyclic amines) is 2. The van der Waals surface area contributed by atoms with E-state index in [1.165, 1.54) is 4.90 Å². The van der Waals surface area contributed by atoms with Gasteiger partial charge < -0.3 is 29.7 Å². The number of amides is 4. The standard InChI is InChI=1S/C40H50N6O9S/c47-26-34(41-36(48)25-45-21-11-10-20-35(37(45)49)44-56(52,53)29-32-17-8-3-9-18-32)23-33-19-12-22-46(24-33)38(42-39(50)54-27-30-13-4-1-5-14-30)43-40(51)55-28-31-15-6-2-7-16-31/h1-9,13-18,33-35,44,47H,10-12,19-29H2,(H,41,48)(H,42,43,50,51). The molecule has 0 aliphatic carbocycles. The van der Waals surface area contributed by atoms with E-state index < -0.39 is 46.1 Å². The number of carbonyl (C=O) groups is 4. The number of aliphatic hydroxyl groups excluding tert-OH is 1. The summed E-state index contributed by atoms with van der Waals surface area (Å²) in [5.74, 6) is -1.35. The maximum atomic E-state index is 13.4. The van der Waals surface area contributed by atoms with Gasteiger partial charge in [0.15, 0.2) is 0 Å². The number of piperidine rings is 1. The Bertz CT molecular complexity index is 1880. The molecule has 3 unspecified atom stereocenters. The molecule has 3 aromatic rings. The minimum absolute atomic E-state index is 0.00641. The summed E-state index contributed by atoms with van der Waals surface area (Å²) in [6.45, 7) is 0.431. The maximum absolute atomic E-state index is 13.4.